The number of nitrogens with one attached hydrogen (secondary N) is 1. The highest BCUT2D eigenvalue weighted by Gasteiger charge is 2.31. The molecule has 172 valence electrons. The molecule has 3 rings (SSSR count). The molecule has 1 atom stereocenters. The highest BCUT2D eigenvalue weighted by Crippen LogP contribution is 2.21. The number of nitrogens with zero attached hydrogens (tertiary/aromatic N) is 1. The van der Waals surface area contributed by atoms with Crippen molar-refractivity contribution in [2.24, 2.45) is 0 Å². The van der Waals surface area contributed by atoms with Crippen LogP contribution in [0.15, 0.2) is 48.5 Å². The summed E-state index contributed by atoms with van der Waals surface area (Å²) in [5.41, 5.74) is 1.96. The number of amides is 2. The first-order chi connectivity index (χ1) is 15.5. The monoisotopic (exact) mass is 438 g/mol. The van der Waals surface area contributed by atoms with E-state index < -0.39 is 6.04 Å². The highest BCUT2D eigenvalue weighted by atomic mass is 16.5. The molecule has 1 aliphatic carbocycles. The molecule has 0 bridgehead atoms. The SMILES string of the molecule is CC[C@@H](C(=O)NC1CCCC1)N(Cc1cccc(OC)c1)C(=O)COc1cccc(C)c1. The largest absolute Gasteiger partial charge is 0.497 e. The maximum Gasteiger partial charge on any atom is 0.261 e. The van der Waals surface area contributed by atoms with Crippen molar-refractivity contribution in [3.05, 3.63) is 59.7 Å². The summed E-state index contributed by atoms with van der Waals surface area (Å²) < 4.78 is 11.1. The topological polar surface area (TPSA) is 67.9 Å². The average Bonchev–Trinajstić information content (AvgIpc) is 3.30. The zero-order chi connectivity index (χ0) is 22.9. The smallest absolute Gasteiger partial charge is 0.261 e. The number of methoxy groups -OCH3 is 1. The molecule has 6 nitrogen and oxygen atoms in total. The van der Waals surface area contributed by atoms with E-state index in [0.717, 1.165) is 42.6 Å². The van der Waals surface area contributed by atoms with Gasteiger partial charge < -0.3 is 19.7 Å². The fourth-order valence-electron chi connectivity index (χ4n) is 4.19. The number of carbonyl (C=O) groups excluding carboxylic acids is 2. The van der Waals surface area contributed by atoms with Gasteiger partial charge >= 0.3 is 0 Å². The van der Waals surface area contributed by atoms with Crippen LogP contribution in [0.5, 0.6) is 11.5 Å². The third-order valence-corrected chi connectivity index (χ3v) is 5.93. The van der Waals surface area contributed by atoms with Gasteiger partial charge in [-0.05, 0) is 61.6 Å². The lowest BCUT2D eigenvalue weighted by atomic mass is 10.1. The van der Waals surface area contributed by atoms with Gasteiger partial charge in [-0.15, -0.1) is 0 Å². The number of carbonyl (C=O) groups is 2. The van der Waals surface area contributed by atoms with Gasteiger partial charge in [0.15, 0.2) is 6.61 Å². The van der Waals surface area contributed by atoms with Crippen molar-refractivity contribution in [2.75, 3.05) is 13.7 Å². The molecule has 6 heteroatoms. The predicted octanol–water partition coefficient (Wildman–Crippen LogP) is 4.25. The Balaban J connectivity index is 1.77. The minimum Gasteiger partial charge on any atom is -0.497 e. The van der Waals surface area contributed by atoms with Crippen LogP contribution in [0.3, 0.4) is 0 Å². The highest BCUT2D eigenvalue weighted by molar-refractivity contribution is 5.88. The van der Waals surface area contributed by atoms with Gasteiger partial charge in [0.25, 0.3) is 5.91 Å². The summed E-state index contributed by atoms with van der Waals surface area (Å²) in [4.78, 5) is 28.1. The van der Waals surface area contributed by atoms with Gasteiger partial charge in [0, 0.05) is 12.6 Å². The lowest BCUT2D eigenvalue weighted by Gasteiger charge is -2.31. The molecule has 1 fully saturated rings. The van der Waals surface area contributed by atoms with E-state index in [1.165, 1.54) is 0 Å². The van der Waals surface area contributed by atoms with Crippen LogP contribution in [0.2, 0.25) is 0 Å². The lowest BCUT2D eigenvalue weighted by molar-refractivity contribution is -0.143. The first kappa shape index (κ1) is 23.6. The predicted molar refractivity (Wildman–Crippen MR) is 125 cm³/mol. The van der Waals surface area contributed by atoms with Gasteiger partial charge in [-0.3, -0.25) is 9.59 Å². The molecule has 0 heterocycles. The molecule has 0 aliphatic heterocycles. The zero-order valence-corrected chi connectivity index (χ0v) is 19.3. The Labute approximate surface area is 190 Å². The molecule has 1 aliphatic rings. The van der Waals surface area contributed by atoms with E-state index in [4.69, 9.17) is 9.47 Å². The fourth-order valence-corrected chi connectivity index (χ4v) is 4.19. The van der Waals surface area contributed by atoms with Crippen LogP contribution >= 0.6 is 0 Å². The average molecular weight is 439 g/mol. The summed E-state index contributed by atoms with van der Waals surface area (Å²) >= 11 is 0. The molecular weight excluding hydrogens is 404 g/mol. The second kappa shape index (κ2) is 11.6. The van der Waals surface area contributed by atoms with Crippen molar-refractivity contribution in [1.82, 2.24) is 10.2 Å². The summed E-state index contributed by atoms with van der Waals surface area (Å²) in [6.45, 7) is 4.10. The Kier molecular flexibility index (Phi) is 8.54. The summed E-state index contributed by atoms with van der Waals surface area (Å²) in [5.74, 6) is 1.05. The minimum atomic E-state index is -0.560. The quantitative estimate of drug-likeness (QED) is 0.602. The molecule has 0 radical (unpaired) electrons. The van der Waals surface area contributed by atoms with Crippen LogP contribution < -0.4 is 14.8 Å². The second-order valence-corrected chi connectivity index (χ2v) is 8.39. The second-order valence-electron chi connectivity index (χ2n) is 8.39. The Morgan fingerprint density at radius 1 is 1.09 bits per heavy atom. The van der Waals surface area contributed by atoms with Crippen LogP contribution in [-0.4, -0.2) is 42.5 Å². The van der Waals surface area contributed by atoms with Crippen molar-refractivity contribution in [3.8, 4) is 11.5 Å². The van der Waals surface area contributed by atoms with Crippen molar-refractivity contribution < 1.29 is 19.1 Å². The molecule has 32 heavy (non-hydrogen) atoms. The molecule has 2 aromatic rings. The number of benzene rings is 2. The van der Waals surface area contributed by atoms with Gasteiger partial charge in [0.1, 0.15) is 17.5 Å². The van der Waals surface area contributed by atoms with Crippen LogP contribution in [-0.2, 0) is 16.1 Å². The lowest BCUT2D eigenvalue weighted by Crippen LogP contribution is -2.52. The van der Waals surface area contributed by atoms with Gasteiger partial charge in [0.2, 0.25) is 5.91 Å². The van der Waals surface area contributed by atoms with E-state index >= 15 is 0 Å². The molecule has 0 aromatic heterocycles. The molecule has 0 unspecified atom stereocenters. The van der Waals surface area contributed by atoms with Gasteiger partial charge in [-0.1, -0.05) is 44.0 Å². The maximum atomic E-state index is 13.3. The van der Waals surface area contributed by atoms with Crippen LogP contribution in [0, 0.1) is 6.92 Å². The summed E-state index contributed by atoms with van der Waals surface area (Å²) in [7, 11) is 1.61. The Hall–Kier alpha value is -3.02. The van der Waals surface area contributed by atoms with Crippen LogP contribution in [0.1, 0.15) is 50.2 Å². The molecule has 0 saturated heterocycles. The molecule has 0 spiro atoms. The van der Waals surface area contributed by atoms with Crippen LogP contribution in [0.4, 0.5) is 0 Å². The minimum absolute atomic E-state index is 0.0915. The van der Waals surface area contributed by atoms with Crippen molar-refractivity contribution in [1.29, 1.82) is 0 Å². The van der Waals surface area contributed by atoms with E-state index in [-0.39, 0.29) is 24.5 Å². The third-order valence-electron chi connectivity index (χ3n) is 5.93. The van der Waals surface area contributed by atoms with E-state index in [9.17, 15) is 9.59 Å². The van der Waals surface area contributed by atoms with E-state index in [2.05, 4.69) is 5.32 Å². The number of aryl methyl sites for hydroxylation is 1. The third kappa shape index (κ3) is 6.49. The molecular formula is C26H34N2O4. The number of ether oxygens (including phenoxy) is 2. The summed E-state index contributed by atoms with van der Waals surface area (Å²) in [5, 5.41) is 3.16. The standard InChI is InChI=1S/C26H34N2O4/c1-4-24(26(30)27-21-11-5-6-12-21)28(17-20-10-8-13-22(16-20)31-3)25(29)18-32-23-14-7-9-19(2)15-23/h7-10,13-16,21,24H,4-6,11-12,17-18H2,1-3H3,(H,27,30)/t24-/m0/s1. The summed E-state index contributed by atoms with van der Waals surface area (Å²) in [6.07, 6.45) is 4.81. The van der Waals surface area contributed by atoms with Gasteiger partial charge in [-0.2, -0.15) is 0 Å². The maximum absolute atomic E-state index is 13.3. The summed E-state index contributed by atoms with van der Waals surface area (Å²) in [6, 6.07) is 14.8. The molecule has 1 N–H and O–H groups in total. The Morgan fingerprint density at radius 2 is 1.81 bits per heavy atom. The van der Waals surface area contributed by atoms with Crippen molar-refractivity contribution in [2.45, 2.75) is 64.6 Å². The fraction of sp³-hybridized carbons (Fsp3) is 0.462. The van der Waals surface area contributed by atoms with E-state index in [1.54, 1.807) is 12.0 Å². The Bertz CT molecular complexity index is 908. The first-order valence-corrected chi connectivity index (χ1v) is 11.4. The number of rotatable bonds is 10. The van der Waals surface area contributed by atoms with Crippen molar-refractivity contribution in [3.63, 3.8) is 0 Å². The van der Waals surface area contributed by atoms with Gasteiger partial charge in [-0.25, -0.2) is 0 Å². The van der Waals surface area contributed by atoms with E-state index in [1.807, 2.05) is 62.4 Å². The first-order valence-electron chi connectivity index (χ1n) is 11.4. The molecule has 2 amide bonds. The zero-order valence-electron chi connectivity index (χ0n) is 19.3. The van der Waals surface area contributed by atoms with Crippen molar-refractivity contribution >= 4 is 11.8 Å². The van der Waals surface area contributed by atoms with Gasteiger partial charge in [0.05, 0.1) is 7.11 Å². The van der Waals surface area contributed by atoms with Crippen LogP contribution in [0.25, 0.3) is 0 Å². The number of hydrogen-bond acceptors (Lipinski definition) is 4. The van der Waals surface area contributed by atoms with E-state index in [0.29, 0.717) is 18.7 Å². The molecule has 1 saturated carbocycles. The normalized spacial score (nSPS) is 14.6. The Morgan fingerprint density at radius 3 is 2.50 bits per heavy atom. The molecule has 2 aromatic carbocycles. The number of hydrogen-bond donors (Lipinski definition) is 1.